The fourth-order valence-electron chi connectivity index (χ4n) is 2.80. The van der Waals surface area contributed by atoms with Crippen molar-refractivity contribution in [2.45, 2.75) is 62.0 Å². The molecule has 7 N–H and O–H groups in total. The molecule has 2 aliphatic heterocycles. The van der Waals surface area contributed by atoms with Gasteiger partial charge in [0, 0.05) is 19.4 Å². The standard InChI is InChI=1S/C14H27NO9/c15-1-2-21-14-12(20)10(3-7(5-16)22-14)23-13-9(19)4-8(18)11(6-17)24-13/h7-14,16-20H,1-6,15H2/t7?,8-,9?,10?,11?,12?,13-,14?/m0/s1. The van der Waals surface area contributed by atoms with Crippen molar-refractivity contribution >= 4 is 0 Å². The van der Waals surface area contributed by atoms with Gasteiger partial charge in [0.2, 0.25) is 0 Å². The van der Waals surface area contributed by atoms with Gasteiger partial charge in [0.25, 0.3) is 0 Å². The summed E-state index contributed by atoms with van der Waals surface area (Å²) in [6.45, 7) is -0.316. The average molecular weight is 353 g/mol. The van der Waals surface area contributed by atoms with Crippen molar-refractivity contribution in [3.63, 3.8) is 0 Å². The van der Waals surface area contributed by atoms with Crippen molar-refractivity contribution < 1.29 is 44.5 Å². The number of hydrogen-bond acceptors (Lipinski definition) is 10. The molecule has 142 valence electrons. The second kappa shape index (κ2) is 9.34. The van der Waals surface area contributed by atoms with Crippen LogP contribution in [0.2, 0.25) is 0 Å². The summed E-state index contributed by atoms with van der Waals surface area (Å²) in [5.41, 5.74) is 5.36. The van der Waals surface area contributed by atoms with E-state index in [0.717, 1.165) is 0 Å². The largest absolute Gasteiger partial charge is 0.394 e. The van der Waals surface area contributed by atoms with E-state index in [0.29, 0.717) is 0 Å². The van der Waals surface area contributed by atoms with Crippen molar-refractivity contribution in [2.24, 2.45) is 5.73 Å². The van der Waals surface area contributed by atoms with Crippen LogP contribution in [0.3, 0.4) is 0 Å². The van der Waals surface area contributed by atoms with E-state index in [2.05, 4.69) is 0 Å². The third-order valence-corrected chi connectivity index (χ3v) is 4.11. The Balaban J connectivity index is 2.00. The number of hydrogen-bond donors (Lipinski definition) is 6. The summed E-state index contributed by atoms with van der Waals surface area (Å²) >= 11 is 0. The Morgan fingerprint density at radius 2 is 1.71 bits per heavy atom. The monoisotopic (exact) mass is 353 g/mol. The minimum atomic E-state index is -1.17. The topological polar surface area (TPSA) is 164 Å². The zero-order valence-corrected chi connectivity index (χ0v) is 13.3. The van der Waals surface area contributed by atoms with Crippen LogP contribution in [0.5, 0.6) is 0 Å². The van der Waals surface area contributed by atoms with Crippen LogP contribution < -0.4 is 5.73 Å². The van der Waals surface area contributed by atoms with E-state index in [9.17, 15) is 25.5 Å². The van der Waals surface area contributed by atoms with Crippen LogP contribution in [0, 0.1) is 0 Å². The molecule has 8 atom stereocenters. The Bertz CT molecular complexity index is 374. The first-order valence-electron chi connectivity index (χ1n) is 8.04. The number of aliphatic hydroxyl groups excluding tert-OH is 5. The van der Waals surface area contributed by atoms with Crippen molar-refractivity contribution in [3.05, 3.63) is 0 Å². The number of nitrogens with two attached hydrogens (primary N) is 1. The zero-order valence-electron chi connectivity index (χ0n) is 13.3. The molecule has 2 fully saturated rings. The number of aliphatic hydroxyl groups is 5. The van der Waals surface area contributed by atoms with Gasteiger partial charge in [0.1, 0.15) is 18.3 Å². The van der Waals surface area contributed by atoms with Gasteiger partial charge in [0.15, 0.2) is 12.6 Å². The molecule has 0 aromatic rings. The first-order valence-corrected chi connectivity index (χ1v) is 8.04. The van der Waals surface area contributed by atoms with Crippen LogP contribution in [0.4, 0.5) is 0 Å². The molecule has 10 nitrogen and oxygen atoms in total. The maximum atomic E-state index is 10.3. The molecule has 10 heteroatoms. The predicted octanol–water partition coefficient (Wildman–Crippen LogP) is -3.36. The lowest BCUT2D eigenvalue weighted by molar-refractivity contribution is -0.329. The van der Waals surface area contributed by atoms with Gasteiger partial charge in [-0.15, -0.1) is 0 Å². The summed E-state index contributed by atoms with van der Waals surface area (Å²) in [6, 6.07) is 0. The molecule has 6 unspecified atom stereocenters. The van der Waals surface area contributed by atoms with Gasteiger partial charge in [-0.1, -0.05) is 0 Å². The van der Waals surface area contributed by atoms with Crippen LogP contribution in [-0.2, 0) is 18.9 Å². The second-order valence-electron chi connectivity index (χ2n) is 5.97. The Labute approximate surface area is 139 Å². The Morgan fingerprint density at radius 1 is 0.958 bits per heavy atom. The van der Waals surface area contributed by atoms with Crippen LogP contribution >= 0.6 is 0 Å². The van der Waals surface area contributed by atoms with Gasteiger partial charge in [-0.3, -0.25) is 0 Å². The van der Waals surface area contributed by atoms with Crippen molar-refractivity contribution in [2.75, 3.05) is 26.4 Å². The Morgan fingerprint density at radius 3 is 2.33 bits per heavy atom. The molecule has 2 heterocycles. The van der Waals surface area contributed by atoms with Crippen molar-refractivity contribution in [1.29, 1.82) is 0 Å². The van der Waals surface area contributed by atoms with Gasteiger partial charge >= 0.3 is 0 Å². The molecular formula is C14H27NO9. The average Bonchev–Trinajstić information content (AvgIpc) is 2.57. The predicted molar refractivity (Wildman–Crippen MR) is 78.6 cm³/mol. The van der Waals surface area contributed by atoms with E-state index in [1.165, 1.54) is 0 Å². The molecule has 0 bridgehead atoms. The number of ether oxygens (including phenoxy) is 4. The molecule has 0 aromatic carbocycles. The summed E-state index contributed by atoms with van der Waals surface area (Å²) in [7, 11) is 0. The van der Waals surface area contributed by atoms with Gasteiger partial charge in [-0.05, 0) is 0 Å². The maximum absolute atomic E-state index is 10.3. The summed E-state index contributed by atoms with van der Waals surface area (Å²) in [4.78, 5) is 0. The molecule has 0 saturated carbocycles. The lowest BCUT2D eigenvalue weighted by atomic mass is 10.0. The summed E-state index contributed by atoms with van der Waals surface area (Å²) in [6.07, 6.45) is -7.62. The minimum Gasteiger partial charge on any atom is -0.394 e. The molecule has 24 heavy (non-hydrogen) atoms. The minimum absolute atomic E-state index is 0.0221. The number of rotatable bonds is 7. The third-order valence-electron chi connectivity index (χ3n) is 4.11. The van der Waals surface area contributed by atoms with E-state index in [4.69, 9.17) is 24.7 Å². The first-order chi connectivity index (χ1) is 11.5. The van der Waals surface area contributed by atoms with Crippen molar-refractivity contribution in [1.82, 2.24) is 0 Å². The van der Waals surface area contributed by atoms with Gasteiger partial charge < -0.3 is 50.2 Å². The van der Waals surface area contributed by atoms with Crippen LogP contribution in [0.15, 0.2) is 0 Å². The fourth-order valence-corrected chi connectivity index (χ4v) is 2.80. The molecule has 0 aromatic heterocycles. The summed E-state index contributed by atoms with van der Waals surface area (Å²) in [5, 5.41) is 48.5. The molecule has 2 saturated heterocycles. The molecule has 0 amide bonds. The van der Waals surface area contributed by atoms with Gasteiger partial charge in [-0.25, -0.2) is 0 Å². The van der Waals surface area contributed by atoms with E-state index in [-0.39, 0.29) is 32.6 Å². The molecule has 0 spiro atoms. The summed E-state index contributed by atoms with van der Waals surface area (Å²) < 4.78 is 21.7. The van der Waals surface area contributed by atoms with Crippen LogP contribution in [-0.4, -0.2) is 101 Å². The molecule has 0 aliphatic carbocycles. The SMILES string of the molecule is NCCOC1OC(CO)CC(O[C@H]2OC(CO)[C@@H](O)CC2O)C1O. The molecular weight excluding hydrogens is 326 g/mol. The summed E-state index contributed by atoms with van der Waals surface area (Å²) in [5.74, 6) is 0. The van der Waals surface area contributed by atoms with E-state index >= 15 is 0 Å². The van der Waals surface area contributed by atoms with Gasteiger partial charge in [-0.2, -0.15) is 0 Å². The highest BCUT2D eigenvalue weighted by Gasteiger charge is 2.43. The van der Waals surface area contributed by atoms with Crippen molar-refractivity contribution in [3.8, 4) is 0 Å². The fraction of sp³-hybridized carbons (Fsp3) is 1.00. The molecule has 2 rings (SSSR count). The van der Waals surface area contributed by atoms with Crippen LogP contribution in [0.25, 0.3) is 0 Å². The Hall–Kier alpha value is -0.400. The second-order valence-corrected chi connectivity index (χ2v) is 5.97. The highest BCUT2D eigenvalue weighted by Crippen LogP contribution is 2.28. The molecule has 2 aliphatic rings. The Kier molecular flexibility index (Phi) is 7.75. The quantitative estimate of drug-likeness (QED) is 0.272. The smallest absolute Gasteiger partial charge is 0.186 e. The van der Waals surface area contributed by atoms with Gasteiger partial charge in [0.05, 0.1) is 38.1 Å². The highest BCUT2D eigenvalue weighted by molar-refractivity contribution is 4.86. The lowest BCUT2D eigenvalue weighted by Gasteiger charge is -2.42. The normalized spacial score (nSPS) is 43.8. The third kappa shape index (κ3) is 4.82. The lowest BCUT2D eigenvalue weighted by Crippen LogP contribution is -2.56. The van der Waals surface area contributed by atoms with Crippen LogP contribution in [0.1, 0.15) is 12.8 Å². The first kappa shape index (κ1) is 19.9. The highest BCUT2D eigenvalue weighted by atomic mass is 16.7. The van der Waals surface area contributed by atoms with E-state index in [1.807, 2.05) is 0 Å². The molecule has 0 radical (unpaired) electrons. The maximum Gasteiger partial charge on any atom is 0.186 e. The van der Waals surface area contributed by atoms with E-state index in [1.54, 1.807) is 0 Å². The zero-order chi connectivity index (χ0) is 17.7. The van der Waals surface area contributed by atoms with E-state index < -0.39 is 55.8 Å².